The minimum Gasteiger partial charge on any atom is -0.342 e. The second-order valence-corrected chi connectivity index (χ2v) is 8.67. The number of amides is 1. The minimum absolute atomic E-state index is 0.278. The zero-order valence-electron chi connectivity index (χ0n) is 17.9. The van der Waals surface area contributed by atoms with Gasteiger partial charge in [0, 0.05) is 39.5 Å². The van der Waals surface area contributed by atoms with Crippen LogP contribution in [-0.4, -0.2) is 16.7 Å². The standard InChI is InChI=1S/C25H22F3N3OS/c1-2-6-21-12-18(16-33-21)24(32)30-29-13-19-15-31(23-10-4-3-9-22(19)23)14-17-7-5-8-20(11-17)25(26,27)28/h3-5,7-13,15-16H,2,6,14H2,1H3,(H,30,32)/b29-13+. The van der Waals surface area contributed by atoms with Gasteiger partial charge in [-0.15, -0.1) is 11.3 Å². The SMILES string of the molecule is CCCc1cc(C(=O)N/N=C/c2cn(Cc3cccc(C(F)(F)F)c3)c3ccccc23)cs1. The van der Waals surface area contributed by atoms with Crippen molar-refractivity contribution >= 4 is 34.4 Å². The molecule has 0 radical (unpaired) electrons. The number of benzene rings is 2. The Balaban J connectivity index is 1.54. The molecule has 4 nitrogen and oxygen atoms in total. The van der Waals surface area contributed by atoms with Crippen molar-refractivity contribution in [2.45, 2.75) is 32.5 Å². The quantitative estimate of drug-likeness (QED) is 0.244. The molecule has 0 bridgehead atoms. The van der Waals surface area contributed by atoms with Crippen molar-refractivity contribution in [3.8, 4) is 0 Å². The normalized spacial score (nSPS) is 12.0. The van der Waals surface area contributed by atoms with E-state index in [1.165, 1.54) is 6.07 Å². The van der Waals surface area contributed by atoms with E-state index in [1.807, 2.05) is 46.5 Å². The molecule has 2 heterocycles. The van der Waals surface area contributed by atoms with Crippen molar-refractivity contribution in [3.05, 3.63) is 93.3 Å². The zero-order chi connectivity index (χ0) is 23.4. The van der Waals surface area contributed by atoms with Gasteiger partial charge in [0.15, 0.2) is 0 Å². The van der Waals surface area contributed by atoms with Crippen LogP contribution in [0, 0.1) is 0 Å². The first-order valence-electron chi connectivity index (χ1n) is 10.5. The van der Waals surface area contributed by atoms with Crippen molar-refractivity contribution in [1.29, 1.82) is 0 Å². The van der Waals surface area contributed by atoms with Crippen LogP contribution in [0.5, 0.6) is 0 Å². The Morgan fingerprint density at radius 3 is 2.76 bits per heavy atom. The van der Waals surface area contributed by atoms with Crippen LogP contribution in [0.4, 0.5) is 13.2 Å². The first-order valence-corrected chi connectivity index (χ1v) is 11.4. The van der Waals surface area contributed by atoms with Gasteiger partial charge in [-0.05, 0) is 36.2 Å². The molecule has 0 aliphatic carbocycles. The van der Waals surface area contributed by atoms with Gasteiger partial charge >= 0.3 is 6.18 Å². The summed E-state index contributed by atoms with van der Waals surface area (Å²) < 4.78 is 41.1. The molecule has 170 valence electrons. The largest absolute Gasteiger partial charge is 0.416 e. The maximum absolute atomic E-state index is 13.1. The summed E-state index contributed by atoms with van der Waals surface area (Å²) in [4.78, 5) is 13.5. The van der Waals surface area contributed by atoms with Gasteiger partial charge in [-0.2, -0.15) is 18.3 Å². The second-order valence-electron chi connectivity index (χ2n) is 7.68. The molecular formula is C25H22F3N3OS. The van der Waals surface area contributed by atoms with Crippen molar-refractivity contribution in [2.75, 3.05) is 0 Å². The smallest absolute Gasteiger partial charge is 0.342 e. The zero-order valence-corrected chi connectivity index (χ0v) is 18.7. The van der Waals surface area contributed by atoms with Crippen molar-refractivity contribution < 1.29 is 18.0 Å². The van der Waals surface area contributed by atoms with Crippen molar-refractivity contribution in [1.82, 2.24) is 9.99 Å². The van der Waals surface area contributed by atoms with Crippen LogP contribution >= 0.6 is 11.3 Å². The highest BCUT2D eigenvalue weighted by Gasteiger charge is 2.30. The number of aryl methyl sites for hydroxylation is 1. The number of rotatable bonds is 7. The van der Waals surface area contributed by atoms with Crippen molar-refractivity contribution in [3.63, 3.8) is 0 Å². The molecule has 0 saturated heterocycles. The van der Waals surface area contributed by atoms with Gasteiger partial charge in [0.1, 0.15) is 0 Å². The average molecular weight is 470 g/mol. The van der Waals surface area contributed by atoms with Crippen LogP contribution < -0.4 is 5.43 Å². The Morgan fingerprint density at radius 1 is 1.15 bits per heavy atom. The Bertz CT molecular complexity index is 1300. The number of nitrogens with one attached hydrogen (secondary N) is 1. The number of fused-ring (bicyclic) bond motifs is 1. The van der Waals surface area contributed by atoms with E-state index in [-0.39, 0.29) is 12.5 Å². The highest BCUT2D eigenvalue weighted by molar-refractivity contribution is 7.10. The Morgan fingerprint density at radius 2 is 1.97 bits per heavy atom. The highest BCUT2D eigenvalue weighted by Crippen LogP contribution is 2.30. The summed E-state index contributed by atoms with van der Waals surface area (Å²) in [5.41, 5.74) is 4.63. The highest BCUT2D eigenvalue weighted by atomic mass is 32.1. The third-order valence-corrected chi connectivity index (χ3v) is 6.21. The fourth-order valence-electron chi connectivity index (χ4n) is 3.65. The number of carbonyl (C=O) groups excluding carboxylic acids is 1. The third-order valence-electron chi connectivity index (χ3n) is 5.21. The monoisotopic (exact) mass is 469 g/mol. The van der Waals surface area contributed by atoms with E-state index < -0.39 is 11.7 Å². The Kier molecular flexibility index (Phi) is 6.65. The number of hydrogen-bond donors (Lipinski definition) is 1. The van der Waals surface area contributed by atoms with E-state index in [2.05, 4.69) is 17.5 Å². The molecular weight excluding hydrogens is 447 g/mol. The van der Waals surface area contributed by atoms with Gasteiger partial charge in [0.25, 0.3) is 5.91 Å². The van der Waals surface area contributed by atoms with E-state index in [4.69, 9.17) is 0 Å². The number of thiophene rings is 1. The predicted molar refractivity (Wildman–Crippen MR) is 126 cm³/mol. The van der Waals surface area contributed by atoms with Gasteiger partial charge in [0.05, 0.1) is 17.3 Å². The van der Waals surface area contributed by atoms with Crippen molar-refractivity contribution in [2.24, 2.45) is 5.10 Å². The van der Waals surface area contributed by atoms with Crippen LogP contribution in [0.25, 0.3) is 10.9 Å². The fourth-order valence-corrected chi connectivity index (χ4v) is 4.62. The second kappa shape index (κ2) is 9.62. The molecule has 0 fully saturated rings. The molecule has 0 aliphatic heterocycles. The summed E-state index contributed by atoms with van der Waals surface area (Å²) in [6.45, 7) is 2.37. The molecule has 1 amide bonds. The summed E-state index contributed by atoms with van der Waals surface area (Å²) in [5.74, 6) is -0.280. The van der Waals surface area contributed by atoms with Crippen LogP contribution in [-0.2, 0) is 19.1 Å². The molecule has 8 heteroatoms. The topological polar surface area (TPSA) is 46.4 Å². The number of carbonyl (C=O) groups is 1. The average Bonchev–Trinajstić information content (AvgIpc) is 3.39. The maximum Gasteiger partial charge on any atom is 0.416 e. The lowest BCUT2D eigenvalue weighted by Gasteiger charge is -2.10. The van der Waals surface area contributed by atoms with Crippen LogP contribution in [0.3, 0.4) is 0 Å². The molecule has 4 aromatic rings. The lowest BCUT2D eigenvalue weighted by molar-refractivity contribution is -0.137. The summed E-state index contributed by atoms with van der Waals surface area (Å²) in [5, 5.41) is 6.82. The summed E-state index contributed by atoms with van der Waals surface area (Å²) in [6.07, 6.45) is 0.953. The molecule has 1 N–H and O–H groups in total. The van der Waals surface area contributed by atoms with Gasteiger partial charge in [-0.1, -0.05) is 43.7 Å². The maximum atomic E-state index is 13.1. The fraction of sp³-hybridized carbons (Fsp3) is 0.200. The van der Waals surface area contributed by atoms with Crippen LogP contribution in [0.1, 0.15) is 45.3 Å². The molecule has 0 saturated carbocycles. The summed E-state index contributed by atoms with van der Waals surface area (Å²) in [7, 11) is 0. The number of para-hydroxylation sites is 1. The molecule has 0 unspecified atom stereocenters. The number of nitrogens with zero attached hydrogens (tertiary/aromatic N) is 2. The van der Waals surface area contributed by atoms with E-state index >= 15 is 0 Å². The van der Waals surface area contributed by atoms with E-state index in [1.54, 1.807) is 23.6 Å². The molecule has 0 spiro atoms. The Hall–Kier alpha value is -3.39. The predicted octanol–water partition coefficient (Wildman–Crippen LogP) is 6.49. The minimum atomic E-state index is -4.38. The van der Waals surface area contributed by atoms with E-state index in [9.17, 15) is 18.0 Å². The summed E-state index contributed by atoms with van der Waals surface area (Å²) in [6, 6.07) is 14.8. The lowest BCUT2D eigenvalue weighted by atomic mass is 10.1. The van der Waals surface area contributed by atoms with E-state index in [0.717, 1.165) is 46.3 Å². The van der Waals surface area contributed by atoms with Crippen LogP contribution in [0.2, 0.25) is 0 Å². The van der Waals surface area contributed by atoms with Gasteiger partial charge in [-0.3, -0.25) is 4.79 Å². The van der Waals surface area contributed by atoms with Crippen LogP contribution in [0.15, 0.2) is 71.3 Å². The molecule has 2 aromatic carbocycles. The van der Waals surface area contributed by atoms with Gasteiger partial charge in [-0.25, -0.2) is 5.43 Å². The van der Waals surface area contributed by atoms with E-state index in [0.29, 0.717) is 11.1 Å². The number of alkyl halides is 3. The third kappa shape index (κ3) is 5.34. The number of aromatic nitrogens is 1. The number of hydrazone groups is 1. The molecule has 0 aliphatic rings. The molecule has 0 atom stereocenters. The first kappa shape index (κ1) is 22.8. The molecule has 2 aromatic heterocycles. The number of hydrogen-bond acceptors (Lipinski definition) is 3. The number of halogens is 3. The molecule has 33 heavy (non-hydrogen) atoms. The van der Waals surface area contributed by atoms with Gasteiger partial charge in [0.2, 0.25) is 0 Å². The lowest BCUT2D eigenvalue weighted by Crippen LogP contribution is -2.16. The molecule has 4 rings (SSSR count). The summed E-state index contributed by atoms with van der Waals surface area (Å²) >= 11 is 1.55. The van der Waals surface area contributed by atoms with Gasteiger partial charge < -0.3 is 4.57 Å². The Labute approximate surface area is 193 Å². The first-order chi connectivity index (χ1) is 15.8.